The van der Waals surface area contributed by atoms with Crippen LogP contribution in [0.3, 0.4) is 0 Å². The number of anilines is 1. The van der Waals surface area contributed by atoms with E-state index in [1.165, 1.54) is 37.4 Å². The fraction of sp³-hybridized carbons (Fsp3) is 0.0769. The zero-order chi connectivity index (χ0) is 15.6. The SMILES string of the molecule is CNS(=O)(=O)c1cc(N)ccc1Oc1cccc(F)c1F. The summed E-state index contributed by atoms with van der Waals surface area (Å²) in [4.78, 5) is -0.270. The monoisotopic (exact) mass is 314 g/mol. The minimum atomic E-state index is -3.87. The summed E-state index contributed by atoms with van der Waals surface area (Å²) in [6.07, 6.45) is 0. The standard InChI is InChI=1S/C13H12F2N2O3S/c1-17-21(18,19)12-7-8(16)5-6-10(12)20-11-4-2-3-9(14)13(11)15/h2-7,17H,16H2,1H3. The molecule has 0 aromatic heterocycles. The predicted molar refractivity (Wildman–Crippen MR) is 73.5 cm³/mol. The normalized spacial score (nSPS) is 11.4. The van der Waals surface area contributed by atoms with Crippen LogP contribution in [0.25, 0.3) is 0 Å². The number of benzene rings is 2. The van der Waals surface area contributed by atoms with Gasteiger partial charge >= 0.3 is 0 Å². The van der Waals surface area contributed by atoms with Crippen LogP contribution < -0.4 is 15.2 Å². The molecule has 0 fully saturated rings. The van der Waals surface area contributed by atoms with Gasteiger partial charge in [-0.3, -0.25) is 0 Å². The van der Waals surface area contributed by atoms with E-state index in [1.807, 2.05) is 0 Å². The molecule has 0 aliphatic carbocycles. The van der Waals surface area contributed by atoms with Crippen molar-refractivity contribution in [3.63, 3.8) is 0 Å². The Morgan fingerprint density at radius 2 is 1.86 bits per heavy atom. The van der Waals surface area contributed by atoms with Gasteiger partial charge in [-0.15, -0.1) is 0 Å². The molecule has 0 aliphatic rings. The minimum absolute atomic E-state index is 0.164. The first-order valence-corrected chi connectivity index (χ1v) is 7.28. The van der Waals surface area contributed by atoms with Gasteiger partial charge in [0.15, 0.2) is 11.6 Å². The van der Waals surface area contributed by atoms with Gasteiger partial charge in [0.05, 0.1) is 0 Å². The van der Waals surface area contributed by atoms with Crippen LogP contribution in [0.5, 0.6) is 11.5 Å². The maximum atomic E-state index is 13.6. The highest BCUT2D eigenvalue weighted by molar-refractivity contribution is 7.89. The van der Waals surface area contributed by atoms with E-state index in [1.54, 1.807) is 0 Å². The number of sulfonamides is 1. The number of nitrogens with one attached hydrogen (secondary N) is 1. The molecule has 3 N–H and O–H groups in total. The molecule has 0 heterocycles. The number of rotatable bonds is 4. The Hall–Kier alpha value is -2.19. The highest BCUT2D eigenvalue weighted by atomic mass is 32.2. The number of nitrogen functional groups attached to an aromatic ring is 1. The van der Waals surface area contributed by atoms with Crippen LogP contribution >= 0.6 is 0 Å². The first-order valence-electron chi connectivity index (χ1n) is 5.80. The lowest BCUT2D eigenvalue weighted by Crippen LogP contribution is -2.19. The van der Waals surface area contributed by atoms with Gasteiger partial charge in [-0.2, -0.15) is 4.39 Å². The molecule has 2 aromatic carbocycles. The highest BCUT2D eigenvalue weighted by Crippen LogP contribution is 2.32. The first kappa shape index (κ1) is 15.2. The Kier molecular flexibility index (Phi) is 4.10. The smallest absolute Gasteiger partial charge is 0.244 e. The lowest BCUT2D eigenvalue weighted by molar-refractivity contribution is 0.408. The molecule has 112 valence electrons. The van der Waals surface area contributed by atoms with Crippen molar-refractivity contribution in [3.05, 3.63) is 48.0 Å². The van der Waals surface area contributed by atoms with Crippen LogP contribution in [-0.4, -0.2) is 15.5 Å². The molecule has 8 heteroatoms. The molecule has 0 spiro atoms. The van der Waals surface area contributed by atoms with E-state index in [-0.39, 0.29) is 16.3 Å². The van der Waals surface area contributed by atoms with Crippen molar-refractivity contribution in [3.8, 4) is 11.5 Å². The van der Waals surface area contributed by atoms with E-state index < -0.39 is 27.4 Å². The van der Waals surface area contributed by atoms with Crippen molar-refractivity contribution in [1.82, 2.24) is 4.72 Å². The number of nitrogens with two attached hydrogens (primary N) is 1. The van der Waals surface area contributed by atoms with E-state index in [0.717, 1.165) is 6.07 Å². The average molecular weight is 314 g/mol. The molecule has 0 atom stereocenters. The van der Waals surface area contributed by atoms with Gasteiger partial charge < -0.3 is 10.5 Å². The van der Waals surface area contributed by atoms with Crippen molar-refractivity contribution in [2.75, 3.05) is 12.8 Å². The summed E-state index contributed by atoms with van der Waals surface area (Å²) in [6, 6.07) is 7.18. The molecule has 0 saturated heterocycles. The zero-order valence-electron chi connectivity index (χ0n) is 10.9. The van der Waals surface area contributed by atoms with E-state index >= 15 is 0 Å². The van der Waals surface area contributed by atoms with Gasteiger partial charge in [0.25, 0.3) is 0 Å². The summed E-state index contributed by atoms with van der Waals surface area (Å²) >= 11 is 0. The van der Waals surface area contributed by atoms with Gasteiger partial charge in [-0.1, -0.05) is 6.07 Å². The molecule has 21 heavy (non-hydrogen) atoms. The van der Waals surface area contributed by atoms with E-state index in [2.05, 4.69) is 4.72 Å². The lowest BCUT2D eigenvalue weighted by atomic mass is 10.3. The summed E-state index contributed by atoms with van der Waals surface area (Å²) < 4.78 is 57.8. The summed E-state index contributed by atoms with van der Waals surface area (Å²) in [5.41, 5.74) is 5.74. The maximum absolute atomic E-state index is 13.6. The largest absolute Gasteiger partial charge is 0.453 e. The second kappa shape index (κ2) is 5.66. The van der Waals surface area contributed by atoms with E-state index in [4.69, 9.17) is 10.5 Å². The van der Waals surface area contributed by atoms with Crippen LogP contribution in [0.4, 0.5) is 14.5 Å². The quantitative estimate of drug-likeness (QED) is 0.848. The van der Waals surface area contributed by atoms with Gasteiger partial charge in [-0.25, -0.2) is 17.5 Å². The van der Waals surface area contributed by atoms with Crippen LogP contribution in [-0.2, 0) is 10.0 Å². The number of hydrogen-bond donors (Lipinski definition) is 2. The fourth-order valence-electron chi connectivity index (χ4n) is 1.61. The van der Waals surface area contributed by atoms with Gasteiger partial charge in [0.1, 0.15) is 10.6 Å². The number of hydrogen-bond acceptors (Lipinski definition) is 4. The molecule has 0 saturated carbocycles. The van der Waals surface area contributed by atoms with Crippen molar-refractivity contribution in [2.24, 2.45) is 0 Å². The molecule has 2 aromatic rings. The number of halogens is 2. The summed E-state index contributed by atoms with van der Waals surface area (Å²) in [6.45, 7) is 0. The van der Waals surface area contributed by atoms with Crippen LogP contribution in [0.2, 0.25) is 0 Å². The summed E-state index contributed by atoms with van der Waals surface area (Å²) in [5, 5.41) is 0. The van der Waals surface area contributed by atoms with Gasteiger partial charge in [-0.05, 0) is 37.4 Å². The Morgan fingerprint density at radius 3 is 2.52 bits per heavy atom. The second-order valence-electron chi connectivity index (χ2n) is 4.07. The van der Waals surface area contributed by atoms with Crippen LogP contribution in [0, 0.1) is 11.6 Å². The Balaban J connectivity index is 2.53. The predicted octanol–water partition coefficient (Wildman–Crippen LogP) is 2.25. The van der Waals surface area contributed by atoms with Crippen LogP contribution in [0.1, 0.15) is 0 Å². The van der Waals surface area contributed by atoms with Crippen molar-refractivity contribution in [1.29, 1.82) is 0 Å². The third-order valence-corrected chi connectivity index (χ3v) is 4.10. The first-order chi connectivity index (χ1) is 9.85. The van der Waals surface area contributed by atoms with E-state index in [9.17, 15) is 17.2 Å². The second-order valence-corrected chi connectivity index (χ2v) is 5.92. The molecule has 0 radical (unpaired) electrons. The van der Waals surface area contributed by atoms with Gasteiger partial charge in [0, 0.05) is 5.69 Å². The summed E-state index contributed by atoms with van der Waals surface area (Å²) in [5.74, 6) is -2.89. The maximum Gasteiger partial charge on any atom is 0.244 e. The lowest BCUT2D eigenvalue weighted by Gasteiger charge is -2.12. The van der Waals surface area contributed by atoms with Crippen molar-refractivity contribution >= 4 is 15.7 Å². The Morgan fingerprint density at radius 1 is 1.14 bits per heavy atom. The fourth-order valence-corrected chi connectivity index (χ4v) is 2.50. The molecule has 0 amide bonds. The molecule has 0 aliphatic heterocycles. The highest BCUT2D eigenvalue weighted by Gasteiger charge is 2.20. The Labute approximate surface area is 120 Å². The molecular weight excluding hydrogens is 302 g/mol. The minimum Gasteiger partial charge on any atom is -0.453 e. The van der Waals surface area contributed by atoms with Crippen molar-refractivity contribution < 1.29 is 21.9 Å². The Bertz CT molecular complexity index is 779. The summed E-state index contributed by atoms with van der Waals surface area (Å²) in [7, 11) is -2.65. The van der Waals surface area contributed by atoms with E-state index in [0.29, 0.717) is 0 Å². The number of ether oxygens (including phenoxy) is 1. The third kappa shape index (κ3) is 3.11. The topological polar surface area (TPSA) is 81.4 Å². The van der Waals surface area contributed by atoms with Crippen molar-refractivity contribution in [2.45, 2.75) is 4.90 Å². The molecule has 0 unspecified atom stereocenters. The molecular formula is C13H12F2N2O3S. The zero-order valence-corrected chi connectivity index (χ0v) is 11.7. The molecule has 2 rings (SSSR count). The average Bonchev–Trinajstić information content (AvgIpc) is 2.45. The molecule has 5 nitrogen and oxygen atoms in total. The third-order valence-electron chi connectivity index (χ3n) is 2.66. The van der Waals surface area contributed by atoms with Crippen LogP contribution in [0.15, 0.2) is 41.3 Å². The van der Waals surface area contributed by atoms with Gasteiger partial charge in [0.2, 0.25) is 15.8 Å². The molecule has 0 bridgehead atoms.